The Morgan fingerprint density at radius 3 is 3.00 bits per heavy atom. The Morgan fingerprint density at radius 2 is 2.26 bits per heavy atom. The van der Waals surface area contributed by atoms with Gasteiger partial charge in [0.1, 0.15) is 5.76 Å². The van der Waals surface area contributed by atoms with Gasteiger partial charge >= 0.3 is 0 Å². The fourth-order valence-corrected chi connectivity index (χ4v) is 3.43. The van der Waals surface area contributed by atoms with Gasteiger partial charge < -0.3 is 19.1 Å². The van der Waals surface area contributed by atoms with Gasteiger partial charge in [-0.3, -0.25) is 9.89 Å². The van der Waals surface area contributed by atoms with Gasteiger partial charge in [0.25, 0.3) is 5.88 Å². The highest BCUT2D eigenvalue weighted by atomic mass is 16.5. The second kappa shape index (κ2) is 8.56. The van der Waals surface area contributed by atoms with E-state index in [-0.39, 0.29) is 18.1 Å². The molecule has 1 atom stereocenters. The standard InChI is InChI=1S/C19H29N5O3/c1-13(2)26-18-11-15(27-22-18)7-8-19(25)24-9-5-6-17(24)16-10-14(20-21-16)12-23(3)4/h10-11,13,17H,5-9,12H2,1-4H3,(H,20,21)/t17-/m0/s1. The van der Waals surface area contributed by atoms with Gasteiger partial charge in [-0.2, -0.15) is 5.10 Å². The van der Waals surface area contributed by atoms with E-state index in [0.29, 0.717) is 24.5 Å². The zero-order valence-electron chi connectivity index (χ0n) is 16.6. The monoisotopic (exact) mass is 375 g/mol. The summed E-state index contributed by atoms with van der Waals surface area (Å²) in [5.41, 5.74) is 2.01. The number of ether oxygens (including phenoxy) is 1. The number of nitrogens with zero attached hydrogens (tertiary/aromatic N) is 4. The van der Waals surface area contributed by atoms with Crippen molar-refractivity contribution in [3.8, 4) is 5.88 Å². The fraction of sp³-hybridized carbons (Fsp3) is 0.632. The van der Waals surface area contributed by atoms with Crippen molar-refractivity contribution in [3.63, 3.8) is 0 Å². The van der Waals surface area contributed by atoms with Crippen molar-refractivity contribution in [1.29, 1.82) is 0 Å². The maximum Gasteiger partial charge on any atom is 0.254 e. The molecule has 8 nitrogen and oxygen atoms in total. The Bertz CT molecular complexity index is 752. The topological polar surface area (TPSA) is 87.5 Å². The molecule has 3 rings (SSSR count). The number of likely N-dealkylation sites (tertiary alicyclic amines) is 1. The van der Waals surface area contributed by atoms with E-state index in [1.165, 1.54) is 0 Å². The number of nitrogens with one attached hydrogen (secondary N) is 1. The molecule has 0 aliphatic carbocycles. The van der Waals surface area contributed by atoms with Crippen LogP contribution in [0.4, 0.5) is 0 Å². The van der Waals surface area contributed by atoms with Crippen LogP contribution in [0.2, 0.25) is 0 Å². The Labute approximate surface area is 159 Å². The zero-order valence-corrected chi connectivity index (χ0v) is 16.6. The third kappa shape index (κ3) is 5.09. The van der Waals surface area contributed by atoms with Crippen molar-refractivity contribution < 1.29 is 14.1 Å². The van der Waals surface area contributed by atoms with E-state index < -0.39 is 0 Å². The highest BCUT2D eigenvalue weighted by Gasteiger charge is 2.31. The molecule has 1 aliphatic rings. The molecule has 0 saturated carbocycles. The SMILES string of the molecule is CC(C)Oc1cc(CCC(=O)N2CCC[C@H]2c2cc(CN(C)C)[nH]n2)on1. The predicted molar refractivity (Wildman–Crippen MR) is 100 cm³/mol. The van der Waals surface area contributed by atoms with Crippen LogP contribution in [0, 0.1) is 0 Å². The lowest BCUT2D eigenvalue weighted by molar-refractivity contribution is -0.132. The maximum absolute atomic E-state index is 12.8. The van der Waals surface area contributed by atoms with Crippen LogP contribution in [0.25, 0.3) is 0 Å². The van der Waals surface area contributed by atoms with E-state index in [1.54, 1.807) is 6.07 Å². The largest absolute Gasteiger partial charge is 0.473 e. The average Bonchev–Trinajstić information content (AvgIpc) is 3.31. The Kier molecular flexibility index (Phi) is 6.15. The lowest BCUT2D eigenvalue weighted by Crippen LogP contribution is -2.30. The Morgan fingerprint density at radius 1 is 1.44 bits per heavy atom. The Hall–Kier alpha value is -2.35. The molecule has 1 fully saturated rings. The van der Waals surface area contributed by atoms with Crippen LogP contribution in [0.1, 0.15) is 56.3 Å². The first-order chi connectivity index (χ1) is 12.9. The number of aromatic amines is 1. The molecular formula is C19H29N5O3. The third-order valence-electron chi connectivity index (χ3n) is 4.53. The summed E-state index contributed by atoms with van der Waals surface area (Å²) in [4.78, 5) is 16.8. The van der Waals surface area contributed by atoms with Gasteiger partial charge in [0.2, 0.25) is 5.91 Å². The quantitative estimate of drug-likeness (QED) is 0.763. The highest BCUT2D eigenvalue weighted by Crippen LogP contribution is 2.32. The predicted octanol–water partition coefficient (Wildman–Crippen LogP) is 2.54. The average molecular weight is 375 g/mol. The highest BCUT2D eigenvalue weighted by molar-refractivity contribution is 5.77. The summed E-state index contributed by atoms with van der Waals surface area (Å²) in [7, 11) is 4.04. The van der Waals surface area contributed by atoms with Crippen molar-refractivity contribution >= 4 is 5.91 Å². The summed E-state index contributed by atoms with van der Waals surface area (Å²) in [5.74, 6) is 1.26. The summed E-state index contributed by atoms with van der Waals surface area (Å²) < 4.78 is 10.8. The first kappa shape index (κ1) is 19.4. The van der Waals surface area contributed by atoms with Crippen LogP contribution in [0.3, 0.4) is 0 Å². The fourth-order valence-electron chi connectivity index (χ4n) is 3.43. The summed E-state index contributed by atoms with van der Waals surface area (Å²) in [5, 5.41) is 11.4. The van der Waals surface area contributed by atoms with Gasteiger partial charge in [0.05, 0.1) is 17.8 Å². The van der Waals surface area contributed by atoms with Crippen molar-refractivity contribution in [2.24, 2.45) is 0 Å². The Balaban J connectivity index is 1.57. The molecule has 0 aromatic carbocycles. The molecule has 2 aromatic rings. The molecule has 27 heavy (non-hydrogen) atoms. The van der Waals surface area contributed by atoms with Gasteiger partial charge in [-0.25, -0.2) is 0 Å². The van der Waals surface area contributed by atoms with Crippen molar-refractivity contribution in [2.75, 3.05) is 20.6 Å². The summed E-state index contributed by atoms with van der Waals surface area (Å²) >= 11 is 0. The van der Waals surface area contributed by atoms with Crippen LogP contribution in [0.15, 0.2) is 16.7 Å². The second-order valence-electron chi connectivity index (χ2n) is 7.60. The van der Waals surface area contributed by atoms with Crippen LogP contribution < -0.4 is 4.74 Å². The van der Waals surface area contributed by atoms with Crippen LogP contribution >= 0.6 is 0 Å². The lowest BCUT2D eigenvalue weighted by Gasteiger charge is -2.23. The maximum atomic E-state index is 12.8. The number of aromatic nitrogens is 3. The minimum absolute atomic E-state index is 0.0428. The summed E-state index contributed by atoms with van der Waals surface area (Å²) in [6.45, 7) is 5.45. The van der Waals surface area contributed by atoms with E-state index in [9.17, 15) is 4.79 Å². The van der Waals surface area contributed by atoms with E-state index in [0.717, 1.165) is 37.3 Å². The molecule has 0 spiro atoms. The zero-order chi connectivity index (χ0) is 19.4. The number of hydrogen-bond acceptors (Lipinski definition) is 6. The molecule has 0 unspecified atom stereocenters. The van der Waals surface area contributed by atoms with Gasteiger partial charge in [-0.1, -0.05) is 0 Å². The minimum atomic E-state index is 0.0428. The number of carbonyl (C=O) groups is 1. The number of hydrogen-bond donors (Lipinski definition) is 1. The van der Waals surface area contributed by atoms with Gasteiger partial charge in [-0.05, 0) is 52.0 Å². The van der Waals surface area contributed by atoms with Crippen LogP contribution in [-0.4, -0.2) is 57.8 Å². The van der Waals surface area contributed by atoms with Crippen molar-refractivity contribution in [2.45, 2.75) is 58.2 Å². The van der Waals surface area contributed by atoms with E-state index in [4.69, 9.17) is 9.26 Å². The molecular weight excluding hydrogens is 346 g/mol. The first-order valence-electron chi connectivity index (χ1n) is 9.53. The molecule has 1 saturated heterocycles. The number of carbonyl (C=O) groups excluding carboxylic acids is 1. The third-order valence-corrected chi connectivity index (χ3v) is 4.53. The van der Waals surface area contributed by atoms with E-state index in [1.807, 2.05) is 32.8 Å². The molecule has 0 bridgehead atoms. The molecule has 3 heterocycles. The van der Waals surface area contributed by atoms with Gasteiger partial charge in [0, 0.05) is 37.7 Å². The van der Waals surface area contributed by atoms with Crippen molar-refractivity contribution in [1.82, 2.24) is 25.2 Å². The van der Waals surface area contributed by atoms with Gasteiger partial charge in [-0.15, -0.1) is 0 Å². The molecule has 1 amide bonds. The minimum Gasteiger partial charge on any atom is -0.473 e. The number of H-pyrrole nitrogens is 1. The molecule has 148 valence electrons. The molecule has 1 aliphatic heterocycles. The van der Waals surface area contributed by atoms with Crippen molar-refractivity contribution in [3.05, 3.63) is 29.3 Å². The lowest BCUT2D eigenvalue weighted by atomic mass is 10.1. The number of aryl methyl sites for hydroxylation is 1. The summed E-state index contributed by atoms with van der Waals surface area (Å²) in [6.07, 6.45) is 2.90. The second-order valence-corrected chi connectivity index (χ2v) is 7.60. The summed E-state index contributed by atoms with van der Waals surface area (Å²) in [6, 6.07) is 3.89. The molecule has 1 N–H and O–H groups in total. The molecule has 8 heteroatoms. The number of amides is 1. The smallest absolute Gasteiger partial charge is 0.254 e. The van der Waals surface area contributed by atoms with Gasteiger partial charge in [0.15, 0.2) is 0 Å². The van der Waals surface area contributed by atoms with Crippen LogP contribution in [-0.2, 0) is 17.8 Å². The first-order valence-corrected chi connectivity index (χ1v) is 9.53. The number of rotatable bonds is 8. The van der Waals surface area contributed by atoms with Crippen LogP contribution in [0.5, 0.6) is 5.88 Å². The molecule has 2 aromatic heterocycles. The molecule has 0 radical (unpaired) electrons. The van der Waals surface area contributed by atoms with E-state index in [2.05, 4.69) is 26.3 Å². The van der Waals surface area contributed by atoms with E-state index >= 15 is 0 Å². The normalized spacial score (nSPS) is 17.3.